The van der Waals surface area contributed by atoms with Crippen molar-refractivity contribution in [3.8, 4) is 11.4 Å². The van der Waals surface area contributed by atoms with Gasteiger partial charge in [0, 0.05) is 24.7 Å². The second kappa shape index (κ2) is 9.63. The van der Waals surface area contributed by atoms with E-state index in [1.165, 1.54) is 12.1 Å². The van der Waals surface area contributed by atoms with E-state index in [1.54, 1.807) is 47.2 Å². The highest BCUT2D eigenvalue weighted by atomic mass is 19.4. The Bertz CT molecular complexity index is 1460. The van der Waals surface area contributed by atoms with Crippen molar-refractivity contribution in [2.24, 2.45) is 0 Å². The van der Waals surface area contributed by atoms with Gasteiger partial charge >= 0.3 is 6.36 Å². The van der Waals surface area contributed by atoms with Crippen LogP contribution in [0, 0.1) is 0 Å². The normalized spacial score (nSPS) is 11.7. The second-order valence-electron chi connectivity index (χ2n) is 8.00. The fraction of sp³-hybridized carbons (Fsp3) is 0.208. The zero-order chi connectivity index (χ0) is 25.2. The predicted octanol–water partition coefficient (Wildman–Crippen LogP) is 3.75. The number of ether oxygens (including phenoxy) is 1. The summed E-state index contributed by atoms with van der Waals surface area (Å²) in [6.45, 7) is 1.16. The largest absolute Gasteiger partial charge is 0.573 e. The van der Waals surface area contributed by atoms with Crippen molar-refractivity contribution in [2.45, 2.75) is 12.9 Å². The van der Waals surface area contributed by atoms with E-state index in [-0.39, 0.29) is 22.8 Å². The monoisotopic (exact) mass is 485 g/mol. The molecule has 0 amide bonds. The summed E-state index contributed by atoms with van der Waals surface area (Å²) in [4.78, 5) is 28.0. The number of anilines is 2. The van der Waals surface area contributed by atoms with Gasteiger partial charge in [0.15, 0.2) is 5.82 Å². The van der Waals surface area contributed by atoms with E-state index < -0.39 is 17.7 Å². The van der Waals surface area contributed by atoms with Crippen LogP contribution in [0.4, 0.5) is 24.7 Å². The fourth-order valence-electron chi connectivity index (χ4n) is 3.49. The Kier molecular flexibility index (Phi) is 6.61. The maximum atomic E-state index is 13.1. The minimum absolute atomic E-state index is 0.231. The van der Waals surface area contributed by atoms with Crippen molar-refractivity contribution in [3.05, 3.63) is 87.6 Å². The Hall–Kier alpha value is -4.12. The van der Waals surface area contributed by atoms with E-state index in [2.05, 4.69) is 15.2 Å². The number of nitrogens with zero attached hydrogens (tertiary/aromatic N) is 4. The summed E-state index contributed by atoms with van der Waals surface area (Å²) in [7, 11) is 3.82. The van der Waals surface area contributed by atoms with Crippen LogP contribution < -0.4 is 21.2 Å². The fourth-order valence-corrected chi connectivity index (χ4v) is 3.49. The minimum atomic E-state index is -4.83. The SMILES string of the molecule is CN(C)CCn1cccc(Nc2nn(-c3ccc(OC(F)(F)F)cc3)c(=O)c3ccccc23)c1=O. The Morgan fingerprint density at radius 1 is 0.943 bits per heavy atom. The van der Waals surface area contributed by atoms with E-state index in [0.717, 1.165) is 16.8 Å². The van der Waals surface area contributed by atoms with Crippen LogP contribution in [0.5, 0.6) is 5.75 Å². The number of aromatic nitrogens is 3. The predicted molar refractivity (Wildman–Crippen MR) is 127 cm³/mol. The molecule has 8 nitrogen and oxygen atoms in total. The molecular formula is C24H22F3N5O3. The number of hydrogen-bond acceptors (Lipinski definition) is 6. The zero-order valence-electron chi connectivity index (χ0n) is 18.9. The first-order chi connectivity index (χ1) is 16.6. The molecule has 182 valence electrons. The molecule has 1 N–H and O–H groups in total. The number of rotatable bonds is 7. The lowest BCUT2D eigenvalue weighted by Crippen LogP contribution is -2.28. The molecule has 0 aliphatic heterocycles. The van der Waals surface area contributed by atoms with E-state index in [0.29, 0.717) is 23.9 Å². The second-order valence-corrected chi connectivity index (χ2v) is 8.00. The van der Waals surface area contributed by atoms with E-state index >= 15 is 0 Å². The molecule has 0 aliphatic rings. The number of hydrogen-bond donors (Lipinski definition) is 1. The van der Waals surface area contributed by atoms with Gasteiger partial charge in [0.05, 0.1) is 11.1 Å². The van der Waals surface area contributed by atoms with E-state index in [1.807, 2.05) is 19.0 Å². The molecule has 2 aromatic heterocycles. The average molecular weight is 485 g/mol. The Morgan fingerprint density at radius 2 is 1.63 bits per heavy atom. The number of likely N-dealkylation sites (N-methyl/N-ethyl adjacent to an activating group) is 1. The van der Waals surface area contributed by atoms with Crippen LogP contribution >= 0.6 is 0 Å². The summed E-state index contributed by atoms with van der Waals surface area (Å²) in [6, 6.07) is 14.9. The third-order valence-electron chi connectivity index (χ3n) is 5.18. The maximum Gasteiger partial charge on any atom is 0.573 e. The van der Waals surface area contributed by atoms with Crippen molar-refractivity contribution in [1.82, 2.24) is 19.2 Å². The van der Waals surface area contributed by atoms with Gasteiger partial charge in [-0.25, -0.2) is 0 Å². The van der Waals surface area contributed by atoms with Gasteiger partial charge in [-0.2, -0.15) is 4.68 Å². The number of pyridine rings is 1. The van der Waals surface area contributed by atoms with Gasteiger partial charge in [0.1, 0.15) is 11.4 Å². The summed E-state index contributed by atoms with van der Waals surface area (Å²) in [5.74, 6) is -0.172. The summed E-state index contributed by atoms with van der Waals surface area (Å²) in [5.41, 5.74) is -0.225. The molecule has 35 heavy (non-hydrogen) atoms. The number of halogens is 3. The Labute approximate surface area is 197 Å². The van der Waals surface area contributed by atoms with Gasteiger partial charge in [-0.05, 0) is 56.6 Å². The molecule has 0 saturated carbocycles. The first-order valence-electron chi connectivity index (χ1n) is 10.6. The van der Waals surface area contributed by atoms with Crippen LogP contribution in [0.1, 0.15) is 0 Å². The summed E-state index contributed by atoms with van der Waals surface area (Å²) in [5, 5.41) is 8.24. The molecule has 2 heterocycles. The first kappa shape index (κ1) is 24.0. The van der Waals surface area contributed by atoms with Crippen molar-refractivity contribution >= 4 is 22.3 Å². The number of fused-ring (bicyclic) bond motifs is 1. The Morgan fingerprint density at radius 3 is 2.29 bits per heavy atom. The number of alkyl halides is 3. The van der Waals surface area contributed by atoms with Gasteiger partial charge in [0.25, 0.3) is 11.1 Å². The maximum absolute atomic E-state index is 13.1. The summed E-state index contributed by atoms with van der Waals surface area (Å²) >= 11 is 0. The summed E-state index contributed by atoms with van der Waals surface area (Å²) < 4.78 is 44.0. The highest BCUT2D eigenvalue weighted by Gasteiger charge is 2.31. The third kappa shape index (κ3) is 5.52. The van der Waals surface area contributed by atoms with E-state index in [9.17, 15) is 22.8 Å². The van der Waals surface area contributed by atoms with Crippen LogP contribution in [-0.4, -0.2) is 46.2 Å². The van der Waals surface area contributed by atoms with Crippen LogP contribution in [0.15, 0.2) is 76.4 Å². The van der Waals surface area contributed by atoms with Crippen LogP contribution in [0.25, 0.3) is 16.5 Å². The standard InChI is InChI=1S/C24H22F3N5O3/c1-30(2)14-15-31-13-5-8-20(23(31)34)28-21-18-6-3-4-7-19(18)22(33)32(29-21)16-9-11-17(12-10-16)35-24(25,26)27/h3-13H,14-15H2,1-2H3,(H,28,29). The van der Waals surface area contributed by atoms with Gasteiger partial charge in [-0.3, -0.25) is 9.59 Å². The molecule has 2 aromatic carbocycles. The highest BCUT2D eigenvalue weighted by molar-refractivity contribution is 5.92. The lowest BCUT2D eigenvalue weighted by atomic mass is 10.2. The molecular weight excluding hydrogens is 463 g/mol. The molecule has 11 heteroatoms. The van der Waals surface area contributed by atoms with Crippen LogP contribution in [0.3, 0.4) is 0 Å². The van der Waals surface area contributed by atoms with Gasteiger partial charge in [0.2, 0.25) is 0 Å². The average Bonchev–Trinajstić information content (AvgIpc) is 2.81. The van der Waals surface area contributed by atoms with Crippen LogP contribution in [-0.2, 0) is 6.54 Å². The molecule has 0 atom stereocenters. The Balaban J connectivity index is 1.76. The quantitative estimate of drug-likeness (QED) is 0.430. The van der Waals surface area contributed by atoms with Gasteiger partial charge in [-0.1, -0.05) is 18.2 Å². The van der Waals surface area contributed by atoms with Crippen molar-refractivity contribution in [1.29, 1.82) is 0 Å². The molecule has 4 aromatic rings. The smallest absolute Gasteiger partial charge is 0.406 e. The molecule has 0 bridgehead atoms. The topological polar surface area (TPSA) is 81.4 Å². The molecule has 0 saturated heterocycles. The molecule has 0 fully saturated rings. The van der Waals surface area contributed by atoms with Gasteiger partial charge < -0.3 is 19.5 Å². The highest BCUT2D eigenvalue weighted by Crippen LogP contribution is 2.25. The molecule has 0 aliphatic carbocycles. The van der Waals surface area contributed by atoms with Crippen LogP contribution in [0.2, 0.25) is 0 Å². The van der Waals surface area contributed by atoms with E-state index in [4.69, 9.17) is 0 Å². The number of nitrogens with one attached hydrogen (secondary N) is 1. The molecule has 0 radical (unpaired) electrons. The molecule has 4 rings (SSSR count). The minimum Gasteiger partial charge on any atom is -0.406 e. The first-order valence-corrected chi connectivity index (χ1v) is 10.6. The molecule has 0 spiro atoms. The number of benzene rings is 2. The van der Waals surface area contributed by atoms with Crippen molar-refractivity contribution in [2.75, 3.05) is 26.0 Å². The lowest BCUT2D eigenvalue weighted by molar-refractivity contribution is -0.274. The zero-order valence-corrected chi connectivity index (χ0v) is 18.9. The van der Waals surface area contributed by atoms with Crippen molar-refractivity contribution < 1.29 is 17.9 Å². The third-order valence-corrected chi connectivity index (χ3v) is 5.18. The molecule has 0 unspecified atom stereocenters. The van der Waals surface area contributed by atoms with Crippen molar-refractivity contribution in [3.63, 3.8) is 0 Å². The lowest BCUT2D eigenvalue weighted by Gasteiger charge is -2.15. The van der Waals surface area contributed by atoms with Gasteiger partial charge in [-0.15, -0.1) is 18.3 Å². The summed E-state index contributed by atoms with van der Waals surface area (Å²) in [6.07, 6.45) is -3.14.